The number of nitrogens with zero attached hydrogens (tertiary/aromatic N) is 2. The number of ketones is 1. The van der Waals surface area contributed by atoms with Crippen molar-refractivity contribution in [3.63, 3.8) is 0 Å². The second-order valence-electron chi connectivity index (χ2n) is 7.81. The Morgan fingerprint density at radius 2 is 2.13 bits per heavy atom. The Hall–Kier alpha value is -3.48. The first kappa shape index (κ1) is 20.8. The van der Waals surface area contributed by atoms with Gasteiger partial charge in [-0.25, -0.2) is 4.98 Å². The number of allylic oxidation sites excluding steroid dienone is 1. The third-order valence-electron chi connectivity index (χ3n) is 5.69. The number of fused-ring (bicyclic) bond motifs is 1. The third-order valence-corrected chi connectivity index (χ3v) is 5.69. The maximum atomic E-state index is 12.8. The summed E-state index contributed by atoms with van der Waals surface area (Å²) >= 11 is 0. The Morgan fingerprint density at radius 1 is 1.29 bits per heavy atom. The molecule has 4 rings (SSSR count). The maximum Gasteiger partial charge on any atom is 0.255 e. The number of benzene rings is 1. The SMILES string of the molecule is C=C1CCC(N2Cc3cc(CCC(=O)c4ccc(OCC)nc4)ccc3C2=O)C(=O)N1. The predicted molar refractivity (Wildman–Crippen MR) is 115 cm³/mol. The number of pyridine rings is 1. The highest BCUT2D eigenvalue weighted by Gasteiger charge is 2.38. The molecule has 160 valence electrons. The van der Waals surface area contributed by atoms with Crippen LogP contribution in [0.1, 0.15) is 58.0 Å². The highest BCUT2D eigenvalue weighted by atomic mass is 16.5. The molecular weight excluding hydrogens is 394 g/mol. The molecule has 7 heteroatoms. The van der Waals surface area contributed by atoms with Gasteiger partial charge in [0, 0.05) is 42.1 Å². The molecule has 2 aromatic rings. The zero-order valence-electron chi connectivity index (χ0n) is 17.5. The molecule has 2 amide bonds. The van der Waals surface area contributed by atoms with Crippen LogP contribution in [0.15, 0.2) is 48.8 Å². The molecule has 0 bridgehead atoms. The van der Waals surface area contributed by atoms with Crippen LogP contribution in [0.3, 0.4) is 0 Å². The van der Waals surface area contributed by atoms with E-state index in [4.69, 9.17) is 4.74 Å². The summed E-state index contributed by atoms with van der Waals surface area (Å²) in [5.41, 5.74) is 3.76. The Balaban J connectivity index is 1.39. The summed E-state index contributed by atoms with van der Waals surface area (Å²) in [6.07, 6.45) is 3.71. The number of hydrogen-bond acceptors (Lipinski definition) is 5. The molecule has 0 aliphatic carbocycles. The van der Waals surface area contributed by atoms with E-state index in [-0.39, 0.29) is 17.6 Å². The van der Waals surface area contributed by atoms with E-state index in [9.17, 15) is 14.4 Å². The molecule has 1 atom stereocenters. The number of carbonyl (C=O) groups excluding carboxylic acids is 3. The summed E-state index contributed by atoms with van der Waals surface area (Å²) in [7, 11) is 0. The van der Waals surface area contributed by atoms with Crippen molar-refractivity contribution in [3.05, 3.63) is 71.1 Å². The minimum absolute atomic E-state index is 0.00727. The second-order valence-corrected chi connectivity index (χ2v) is 7.81. The first-order chi connectivity index (χ1) is 15.0. The molecule has 1 saturated heterocycles. The lowest BCUT2D eigenvalue weighted by molar-refractivity contribution is -0.126. The van der Waals surface area contributed by atoms with Crippen LogP contribution in [0, 0.1) is 0 Å². The van der Waals surface area contributed by atoms with Gasteiger partial charge >= 0.3 is 0 Å². The predicted octanol–water partition coefficient (Wildman–Crippen LogP) is 3.04. The number of carbonyl (C=O) groups is 3. The lowest BCUT2D eigenvalue weighted by Crippen LogP contribution is -2.49. The lowest BCUT2D eigenvalue weighted by atomic mass is 10.0. The van der Waals surface area contributed by atoms with Crippen molar-refractivity contribution in [2.24, 2.45) is 0 Å². The Morgan fingerprint density at radius 3 is 2.84 bits per heavy atom. The smallest absolute Gasteiger partial charge is 0.255 e. The normalized spacial score (nSPS) is 18.0. The van der Waals surface area contributed by atoms with Crippen LogP contribution >= 0.6 is 0 Å². The Kier molecular flexibility index (Phi) is 5.84. The minimum Gasteiger partial charge on any atom is -0.478 e. The molecule has 0 spiro atoms. The van der Waals surface area contributed by atoms with Gasteiger partial charge in [0.25, 0.3) is 5.91 Å². The molecule has 1 aromatic heterocycles. The van der Waals surface area contributed by atoms with Gasteiger partial charge in [0.15, 0.2) is 5.78 Å². The molecule has 0 saturated carbocycles. The van der Waals surface area contributed by atoms with E-state index in [1.165, 1.54) is 6.20 Å². The molecule has 7 nitrogen and oxygen atoms in total. The summed E-state index contributed by atoms with van der Waals surface area (Å²) in [5, 5.41) is 2.75. The number of nitrogens with one attached hydrogen (secondary N) is 1. The average Bonchev–Trinajstić information content (AvgIpc) is 3.08. The molecule has 31 heavy (non-hydrogen) atoms. The second kappa shape index (κ2) is 8.71. The molecule has 1 aromatic carbocycles. The van der Waals surface area contributed by atoms with E-state index < -0.39 is 6.04 Å². The van der Waals surface area contributed by atoms with Crippen LogP contribution in [0.25, 0.3) is 0 Å². The van der Waals surface area contributed by atoms with Crippen LogP contribution < -0.4 is 10.1 Å². The van der Waals surface area contributed by atoms with Crippen LogP contribution in [0.5, 0.6) is 5.88 Å². The number of ether oxygens (including phenoxy) is 1. The molecule has 2 aliphatic rings. The van der Waals surface area contributed by atoms with Gasteiger partial charge in [0.1, 0.15) is 6.04 Å². The van der Waals surface area contributed by atoms with Gasteiger partial charge in [0.05, 0.1) is 6.61 Å². The first-order valence-corrected chi connectivity index (χ1v) is 10.5. The average molecular weight is 419 g/mol. The fourth-order valence-corrected chi connectivity index (χ4v) is 4.04. The monoisotopic (exact) mass is 419 g/mol. The summed E-state index contributed by atoms with van der Waals surface area (Å²) in [6, 6.07) is 8.60. The van der Waals surface area contributed by atoms with Gasteiger partial charge in [-0.15, -0.1) is 0 Å². The van der Waals surface area contributed by atoms with Crippen LogP contribution in [-0.4, -0.2) is 40.1 Å². The van der Waals surface area contributed by atoms with Gasteiger partial charge in [-0.2, -0.15) is 0 Å². The van der Waals surface area contributed by atoms with Gasteiger partial charge in [0.2, 0.25) is 11.8 Å². The van der Waals surface area contributed by atoms with E-state index in [1.807, 2.05) is 19.1 Å². The molecule has 1 N–H and O–H groups in total. The molecule has 2 aliphatic heterocycles. The van der Waals surface area contributed by atoms with Crippen molar-refractivity contribution in [2.75, 3.05) is 6.61 Å². The van der Waals surface area contributed by atoms with Crippen molar-refractivity contribution >= 4 is 17.6 Å². The van der Waals surface area contributed by atoms with E-state index in [0.717, 1.165) is 11.1 Å². The largest absolute Gasteiger partial charge is 0.478 e. The number of hydrogen-bond donors (Lipinski definition) is 1. The highest BCUT2D eigenvalue weighted by molar-refractivity contribution is 6.01. The summed E-state index contributed by atoms with van der Waals surface area (Å²) in [5.74, 6) is 0.216. The standard InChI is InChI=1S/C24H25N3O4/c1-3-31-22-11-7-17(13-25-22)21(28)10-6-16-5-8-19-18(12-16)14-27(24(19)30)20-9-4-15(2)26-23(20)29/h5,7-8,11-13,20H,2-4,6,9-10,14H2,1H3,(H,26,29). The maximum absolute atomic E-state index is 12.8. The number of Topliss-reactive ketones (excluding diaryl/α,β-unsaturated/α-hetero) is 1. The van der Waals surface area contributed by atoms with Crippen molar-refractivity contribution in [1.29, 1.82) is 0 Å². The Labute approximate surface area is 181 Å². The van der Waals surface area contributed by atoms with Gasteiger partial charge in [-0.05, 0) is 49.4 Å². The number of aromatic nitrogens is 1. The fourth-order valence-electron chi connectivity index (χ4n) is 4.04. The van der Waals surface area contributed by atoms with Crippen molar-refractivity contribution < 1.29 is 19.1 Å². The number of aryl methyl sites for hydroxylation is 1. The minimum atomic E-state index is -0.470. The van der Waals surface area contributed by atoms with E-state index >= 15 is 0 Å². The van der Waals surface area contributed by atoms with E-state index in [1.54, 1.807) is 23.1 Å². The summed E-state index contributed by atoms with van der Waals surface area (Å²) in [6.45, 7) is 6.60. The quantitative estimate of drug-likeness (QED) is 0.697. The number of piperidine rings is 1. The zero-order chi connectivity index (χ0) is 22.0. The summed E-state index contributed by atoms with van der Waals surface area (Å²) in [4.78, 5) is 43.4. The number of amides is 2. The Bertz CT molecular complexity index is 1050. The van der Waals surface area contributed by atoms with Crippen molar-refractivity contribution in [1.82, 2.24) is 15.2 Å². The van der Waals surface area contributed by atoms with Crippen molar-refractivity contribution in [2.45, 2.75) is 45.2 Å². The first-order valence-electron chi connectivity index (χ1n) is 10.5. The highest BCUT2D eigenvalue weighted by Crippen LogP contribution is 2.29. The van der Waals surface area contributed by atoms with E-state index in [0.29, 0.717) is 61.5 Å². The van der Waals surface area contributed by atoms with Gasteiger partial charge in [-0.1, -0.05) is 18.7 Å². The molecule has 0 radical (unpaired) electrons. The van der Waals surface area contributed by atoms with Gasteiger partial charge in [-0.3, -0.25) is 14.4 Å². The van der Waals surface area contributed by atoms with Crippen molar-refractivity contribution in [3.8, 4) is 5.88 Å². The lowest BCUT2D eigenvalue weighted by Gasteiger charge is -2.30. The molecule has 1 unspecified atom stereocenters. The summed E-state index contributed by atoms with van der Waals surface area (Å²) < 4.78 is 5.30. The molecule has 3 heterocycles. The topological polar surface area (TPSA) is 88.6 Å². The van der Waals surface area contributed by atoms with E-state index in [2.05, 4.69) is 16.9 Å². The molecule has 1 fully saturated rings. The van der Waals surface area contributed by atoms with Crippen LogP contribution in [0.2, 0.25) is 0 Å². The number of rotatable bonds is 7. The van der Waals surface area contributed by atoms with Gasteiger partial charge < -0.3 is 15.0 Å². The van der Waals surface area contributed by atoms with Crippen LogP contribution in [-0.2, 0) is 17.8 Å². The van der Waals surface area contributed by atoms with Crippen LogP contribution in [0.4, 0.5) is 0 Å². The fraction of sp³-hybridized carbons (Fsp3) is 0.333. The zero-order valence-corrected chi connectivity index (χ0v) is 17.5. The molecular formula is C24H25N3O4. The third kappa shape index (κ3) is 4.35.